The lowest BCUT2D eigenvalue weighted by atomic mass is 9.57. The number of nitrogens with zero attached hydrogens (tertiary/aromatic N) is 3. The molecule has 26 heavy (non-hydrogen) atoms. The molecule has 3 fully saturated rings. The van der Waals surface area contributed by atoms with Crippen molar-refractivity contribution >= 4 is 5.91 Å². The molecule has 1 saturated carbocycles. The fraction of sp³-hybridized carbons (Fsp3) is 0.952. The van der Waals surface area contributed by atoms with Gasteiger partial charge in [-0.3, -0.25) is 9.69 Å². The topological polar surface area (TPSA) is 38.8 Å². The number of carbonyl (C=O) groups is 1. The molecule has 5 heteroatoms. The predicted octanol–water partition coefficient (Wildman–Crippen LogP) is 2.03. The average Bonchev–Trinajstić information content (AvgIpc) is 2.59. The van der Waals surface area contributed by atoms with E-state index < -0.39 is 0 Å². The first-order chi connectivity index (χ1) is 12.5. The Morgan fingerprint density at radius 1 is 1.00 bits per heavy atom. The zero-order chi connectivity index (χ0) is 18.6. The zero-order valence-corrected chi connectivity index (χ0v) is 17.3. The Hall–Kier alpha value is -0.650. The fourth-order valence-electron chi connectivity index (χ4n) is 5.28. The van der Waals surface area contributed by atoms with Crippen LogP contribution >= 0.6 is 0 Å². The van der Waals surface area contributed by atoms with Gasteiger partial charge in [-0.25, -0.2) is 0 Å². The Kier molecular flexibility index (Phi) is 6.98. The van der Waals surface area contributed by atoms with Crippen LogP contribution in [0.3, 0.4) is 0 Å². The fourth-order valence-corrected chi connectivity index (χ4v) is 5.28. The van der Waals surface area contributed by atoms with E-state index in [4.69, 9.17) is 0 Å². The zero-order valence-electron chi connectivity index (χ0n) is 17.3. The molecule has 0 aromatic rings. The molecule has 1 amide bonds. The Morgan fingerprint density at radius 3 is 2.12 bits per heavy atom. The van der Waals surface area contributed by atoms with Crippen LogP contribution < -0.4 is 5.32 Å². The lowest BCUT2D eigenvalue weighted by Gasteiger charge is -2.52. The third-order valence-electron chi connectivity index (χ3n) is 7.09. The lowest BCUT2D eigenvalue weighted by Crippen LogP contribution is -2.50. The standard InChI is InChI=1S/C21H40N4O/c1-18(2)25-13-11-24(12-14-25)8-4-7-23-9-5-21(6-10-23)15-20(16-21)17-22-19(3)26/h18,20H,4-17H2,1-3H3,(H,22,26). The van der Waals surface area contributed by atoms with Crippen LogP contribution in [0.15, 0.2) is 0 Å². The SMILES string of the molecule is CC(=O)NCC1CC2(CCN(CCCN3CCN(C(C)C)CC3)CC2)C1. The number of piperazine rings is 1. The Labute approximate surface area is 160 Å². The van der Waals surface area contributed by atoms with E-state index >= 15 is 0 Å². The Balaban J connectivity index is 1.25. The molecule has 0 bridgehead atoms. The summed E-state index contributed by atoms with van der Waals surface area (Å²) in [6.07, 6.45) is 6.73. The van der Waals surface area contributed by atoms with Crippen molar-refractivity contribution in [1.29, 1.82) is 0 Å². The summed E-state index contributed by atoms with van der Waals surface area (Å²) in [7, 11) is 0. The molecule has 0 aromatic carbocycles. The first-order valence-electron chi connectivity index (χ1n) is 10.9. The highest BCUT2D eigenvalue weighted by atomic mass is 16.1. The van der Waals surface area contributed by atoms with Gasteiger partial charge in [-0.2, -0.15) is 0 Å². The van der Waals surface area contributed by atoms with Gasteiger partial charge < -0.3 is 15.1 Å². The van der Waals surface area contributed by atoms with E-state index in [2.05, 4.69) is 33.9 Å². The van der Waals surface area contributed by atoms with Gasteiger partial charge in [-0.15, -0.1) is 0 Å². The molecule has 2 heterocycles. The van der Waals surface area contributed by atoms with Crippen molar-refractivity contribution in [2.45, 2.75) is 58.9 Å². The van der Waals surface area contributed by atoms with E-state index in [1.165, 1.54) is 84.5 Å². The Morgan fingerprint density at radius 2 is 1.58 bits per heavy atom. The van der Waals surface area contributed by atoms with E-state index in [1.807, 2.05) is 0 Å². The quantitative estimate of drug-likeness (QED) is 0.750. The first-order valence-corrected chi connectivity index (χ1v) is 10.9. The maximum absolute atomic E-state index is 11.0. The van der Waals surface area contributed by atoms with Crippen LogP contribution in [0.1, 0.15) is 52.9 Å². The highest BCUT2D eigenvalue weighted by Gasteiger charge is 2.45. The molecular weight excluding hydrogens is 324 g/mol. The molecule has 1 spiro atoms. The minimum absolute atomic E-state index is 0.117. The summed E-state index contributed by atoms with van der Waals surface area (Å²) in [5.41, 5.74) is 0.618. The van der Waals surface area contributed by atoms with Crippen molar-refractivity contribution in [3.63, 3.8) is 0 Å². The maximum Gasteiger partial charge on any atom is 0.216 e. The van der Waals surface area contributed by atoms with Gasteiger partial charge in [0.15, 0.2) is 0 Å². The number of nitrogens with one attached hydrogen (secondary N) is 1. The summed E-state index contributed by atoms with van der Waals surface area (Å²) < 4.78 is 0. The second-order valence-electron chi connectivity index (χ2n) is 9.38. The number of likely N-dealkylation sites (tertiary alicyclic amines) is 1. The molecule has 3 aliphatic rings. The number of rotatable bonds is 7. The molecule has 150 valence electrons. The van der Waals surface area contributed by atoms with Crippen LogP contribution in [0.25, 0.3) is 0 Å². The molecule has 2 aliphatic heterocycles. The lowest BCUT2D eigenvalue weighted by molar-refractivity contribution is -0.119. The third-order valence-corrected chi connectivity index (χ3v) is 7.09. The Bertz CT molecular complexity index is 443. The van der Waals surface area contributed by atoms with Gasteiger partial charge in [-0.1, -0.05) is 0 Å². The number of hydrogen-bond acceptors (Lipinski definition) is 4. The smallest absolute Gasteiger partial charge is 0.216 e. The van der Waals surface area contributed by atoms with Crippen LogP contribution in [-0.2, 0) is 4.79 Å². The normalized spacial score (nSPS) is 25.5. The van der Waals surface area contributed by atoms with Crippen LogP contribution in [0, 0.1) is 11.3 Å². The molecule has 1 N–H and O–H groups in total. The van der Waals surface area contributed by atoms with Gasteiger partial charge in [0.1, 0.15) is 0 Å². The second kappa shape index (κ2) is 9.03. The molecule has 0 unspecified atom stereocenters. The van der Waals surface area contributed by atoms with Crippen molar-refractivity contribution in [3.8, 4) is 0 Å². The van der Waals surface area contributed by atoms with E-state index in [9.17, 15) is 4.79 Å². The van der Waals surface area contributed by atoms with Gasteiger partial charge in [0.25, 0.3) is 0 Å². The predicted molar refractivity (Wildman–Crippen MR) is 107 cm³/mol. The van der Waals surface area contributed by atoms with Crippen molar-refractivity contribution in [2.75, 3.05) is 58.9 Å². The van der Waals surface area contributed by atoms with Gasteiger partial charge in [0, 0.05) is 45.7 Å². The van der Waals surface area contributed by atoms with Crippen LogP contribution in [0.2, 0.25) is 0 Å². The number of amides is 1. The molecule has 3 rings (SSSR count). The van der Waals surface area contributed by atoms with Crippen LogP contribution in [0.4, 0.5) is 0 Å². The summed E-state index contributed by atoms with van der Waals surface area (Å²) in [6, 6.07) is 0.696. The second-order valence-corrected chi connectivity index (χ2v) is 9.38. The van der Waals surface area contributed by atoms with Crippen molar-refractivity contribution in [2.24, 2.45) is 11.3 Å². The van der Waals surface area contributed by atoms with Gasteiger partial charge in [0.2, 0.25) is 5.91 Å². The van der Waals surface area contributed by atoms with Crippen molar-refractivity contribution < 1.29 is 4.79 Å². The summed E-state index contributed by atoms with van der Waals surface area (Å²) in [4.78, 5) is 19.0. The highest BCUT2D eigenvalue weighted by molar-refractivity contribution is 5.72. The van der Waals surface area contributed by atoms with Crippen molar-refractivity contribution in [1.82, 2.24) is 20.0 Å². The summed E-state index contributed by atoms with van der Waals surface area (Å²) in [6.45, 7) is 17.2. The molecule has 0 radical (unpaired) electrons. The van der Waals surface area contributed by atoms with E-state index in [-0.39, 0.29) is 5.91 Å². The molecule has 5 nitrogen and oxygen atoms in total. The van der Waals surface area contributed by atoms with Gasteiger partial charge in [-0.05, 0) is 83.5 Å². The molecule has 2 saturated heterocycles. The number of carbonyl (C=O) groups excluding carboxylic acids is 1. The van der Waals surface area contributed by atoms with Crippen molar-refractivity contribution in [3.05, 3.63) is 0 Å². The van der Waals surface area contributed by atoms with E-state index in [0.717, 1.165) is 12.5 Å². The van der Waals surface area contributed by atoms with Gasteiger partial charge in [0.05, 0.1) is 0 Å². The largest absolute Gasteiger partial charge is 0.356 e. The monoisotopic (exact) mass is 364 g/mol. The molecular formula is C21H40N4O. The van der Waals surface area contributed by atoms with E-state index in [1.54, 1.807) is 6.92 Å². The third kappa shape index (κ3) is 5.43. The average molecular weight is 365 g/mol. The summed E-state index contributed by atoms with van der Waals surface area (Å²) in [5.74, 6) is 0.848. The summed E-state index contributed by atoms with van der Waals surface area (Å²) >= 11 is 0. The molecule has 0 atom stereocenters. The number of piperidine rings is 1. The number of hydrogen-bond donors (Lipinski definition) is 1. The minimum atomic E-state index is 0.117. The van der Waals surface area contributed by atoms with Gasteiger partial charge >= 0.3 is 0 Å². The molecule has 1 aliphatic carbocycles. The maximum atomic E-state index is 11.0. The molecule has 0 aromatic heterocycles. The minimum Gasteiger partial charge on any atom is -0.356 e. The highest BCUT2D eigenvalue weighted by Crippen LogP contribution is 2.52. The van der Waals surface area contributed by atoms with Crippen LogP contribution in [0.5, 0.6) is 0 Å². The summed E-state index contributed by atoms with van der Waals surface area (Å²) in [5, 5.41) is 2.99. The van der Waals surface area contributed by atoms with E-state index in [0.29, 0.717) is 11.5 Å². The van der Waals surface area contributed by atoms with Crippen LogP contribution in [-0.4, -0.2) is 85.6 Å². The first kappa shape index (κ1) is 20.1.